The molecule has 0 saturated heterocycles. The van der Waals surface area contributed by atoms with Gasteiger partial charge in [0.1, 0.15) is 5.82 Å². The van der Waals surface area contributed by atoms with E-state index < -0.39 is 17.5 Å². The van der Waals surface area contributed by atoms with E-state index in [9.17, 15) is 13.6 Å². The molecule has 0 saturated carbocycles. The number of rotatable bonds is 5. The van der Waals surface area contributed by atoms with Gasteiger partial charge in [-0.15, -0.1) is 0 Å². The molecule has 1 amide bonds. The summed E-state index contributed by atoms with van der Waals surface area (Å²) in [6.07, 6.45) is 2.48. The van der Waals surface area contributed by atoms with E-state index in [0.717, 1.165) is 25.1 Å². The molecule has 0 radical (unpaired) electrons. The van der Waals surface area contributed by atoms with Crippen LogP contribution in [0.2, 0.25) is 0 Å². The van der Waals surface area contributed by atoms with Crippen LogP contribution in [0, 0.1) is 11.6 Å². The Labute approximate surface area is 121 Å². The van der Waals surface area contributed by atoms with Gasteiger partial charge in [-0.2, -0.15) is 0 Å². The second-order valence-electron chi connectivity index (χ2n) is 4.44. The Morgan fingerprint density at radius 2 is 2.00 bits per heavy atom. The van der Waals surface area contributed by atoms with Crippen molar-refractivity contribution in [3.05, 3.63) is 53.7 Å². The number of benzene rings is 1. The van der Waals surface area contributed by atoms with Crippen LogP contribution in [-0.2, 0) is 0 Å². The van der Waals surface area contributed by atoms with Gasteiger partial charge in [0, 0.05) is 12.1 Å². The van der Waals surface area contributed by atoms with Gasteiger partial charge in [-0.1, -0.05) is 6.92 Å². The van der Waals surface area contributed by atoms with E-state index in [1.165, 1.54) is 12.3 Å². The summed E-state index contributed by atoms with van der Waals surface area (Å²) >= 11 is 0. The smallest absolute Gasteiger partial charge is 0.255 e. The molecular weight excluding hydrogens is 276 g/mol. The van der Waals surface area contributed by atoms with Gasteiger partial charge in [-0.05, 0) is 36.8 Å². The number of anilines is 2. The molecule has 0 aliphatic carbocycles. The lowest BCUT2D eigenvalue weighted by atomic mass is 10.2. The zero-order chi connectivity index (χ0) is 15.2. The maximum atomic E-state index is 13.1. The Bertz CT molecular complexity index is 629. The number of hydrogen-bond donors (Lipinski definition) is 2. The van der Waals surface area contributed by atoms with Crippen LogP contribution < -0.4 is 10.6 Å². The first-order valence-corrected chi connectivity index (χ1v) is 6.56. The van der Waals surface area contributed by atoms with E-state index in [-0.39, 0.29) is 5.56 Å². The van der Waals surface area contributed by atoms with Gasteiger partial charge in [-0.3, -0.25) is 4.79 Å². The standard InChI is InChI=1S/C15H15F2N3O/c1-2-7-18-14-6-4-11(9-19-14)20-15(21)10-3-5-12(16)13(17)8-10/h3-6,8-9H,2,7H2,1H3,(H,18,19)(H,20,21). The topological polar surface area (TPSA) is 54.0 Å². The molecule has 110 valence electrons. The van der Waals surface area contributed by atoms with E-state index in [4.69, 9.17) is 0 Å². The quantitative estimate of drug-likeness (QED) is 0.887. The molecule has 1 aromatic heterocycles. The molecule has 1 aromatic carbocycles. The van der Waals surface area contributed by atoms with Gasteiger partial charge >= 0.3 is 0 Å². The lowest BCUT2D eigenvalue weighted by molar-refractivity contribution is 0.102. The first-order valence-electron chi connectivity index (χ1n) is 6.56. The Hall–Kier alpha value is -2.50. The molecule has 4 nitrogen and oxygen atoms in total. The highest BCUT2D eigenvalue weighted by Crippen LogP contribution is 2.13. The van der Waals surface area contributed by atoms with Crippen molar-refractivity contribution in [1.29, 1.82) is 0 Å². The van der Waals surface area contributed by atoms with Crippen molar-refractivity contribution >= 4 is 17.4 Å². The molecule has 1 heterocycles. The summed E-state index contributed by atoms with van der Waals surface area (Å²) in [7, 11) is 0. The molecule has 0 unspecified atom stereocenters. The van der Waals surface area contributed by atoms with Crippen LogP contribution in [0.4, 0.5) is 20.3 Å². The zero-order valence-corrected chi connectivity index (χ0v) is 11.5. The number of aromatic nitrogens is 1. The number of halogens is 2. The third-order valence-electron chi connectivity index (χ3n) is 2.76. The van der Waals surface area contributed by atoms with Crippen molar-refractivity contribution in [2.45, 2.75) is 13.3 Å². The summed E-state index contributed by atoms with van der Waals surface area (Å²) < 4.78 is 25.9. The molecule has 0 aliphatic rings. The number of amides is 1. The average Bonchev–Trinajstić information content (AvgIpc) is 2.49. The predicted molar refractivity (Wildman–Crippen MR) is 77.3 cm³/mol. The molecule has 21 heavy (non-hydrogen) atoms. The number of nitrogens with zero attached hydrogens (tertiary/aromatic N) is 1. The zero-order valence-electron chi connectivity index (χ0n) is 11.5. The van der Waals surface area contributed by atoms with E-state index in [0.29, 0.717) is 11.5 Å². The van der Waals surface area contributed by atoms with Crippen molar-refractivity contribution in [3.63, 3.8) is 0 Å². The predicted octanol–water partition coefficient (Wildman–Crippen LogP) is 3.43. The van der Waals surface area contributed by atoms with Gasteiger partial charge in [0.2, 0.25) is 0 Å². The highest BCUT2D eigenvalue weighted by molar-refractivity contribution is 6.04. The van der Waals surface area contributed by atoms with Gasteiger partial charge in [0.25, 0.3) is 5.91 Å². The molecule has 0 spiro atoms. The van der Waals surface area contributed by atoms with E-state index in [2.05, 4.69) is 15.6 Å². The van der Waals surface area contributed by atoms with Gasteiger partial charge in [0.05, 0.1) is 11.9 Å². The summed E-state index contributed by atoms with van der Waals surface area (Å²) in [5.41, 5.74) is 0.522. The number of hydrogen-bond acceptors (Lipinski definition) is 3. The summed E-state index contributed by atoms with van der Waals surface area (Å²) in [4.78, 5) is 16.0. The first-order chi connectivity index (χ1) is 10.1. The number of carbonyl (C=O) groups excluding carboxylic acids is 1. The largest absolute Gasteiger partial charge is 0.370 e. The van der Waals surface area contributed by atoms with Gasteiger partial charge in [-0.25, -0.2) is 13.8 Å². The minimum absolute atomic E-state index is 0.0436. The number of nitrogens with one attached hydrogen (secondary N) is 2. The van der Waals surface area contributed by atoms with Crippen LogP contribution in [0.3, 0.4) is 0 Å². The summed E-state index contributed by atoms with van der Waals surface area (Å²) in [5.74, 6) is -1.85. The highest BCUT2D eigenvalue weighted by atomic mass is 19.2. The normalized spacial score (nSPS) is 10.2. The van der Waals surface area contributed by atoms with E-state index in [1.807, 2.05) is 6.92 Å². The SMILES string of the molecule is CCCNc1ccc(NC(=O)c2ccc(F)c(F)c2)cn1. The second-order valence-corrected chi connectivity index (χ2v) is 4.44. The Balaban J connectivity index is 2.03. The van der Waals surface area contributed by atoms with Crippen LogP contribution in [0.15, 0.2) is 36.5 Å². The molecule has 2 aromatic rings. The molecule has 0 bridgehead atoms. The first kappa shape index (κ1) is 14.9. The Morgan fingerprint density at radius 3 is 2.62 bits per heavy atom. The molecule has 0 atom stereocenters. The van der Waals surface area contributed by atoms with E-state index in [1.54, 1.807) is 12.1 Å². The van der Waals surface area contributed by atoms with Crippen LogP contribution in [0.5, 0.6) is 0 Å². The second kappa shape index (κ2) is 6.78. The third-order valence-corrected chi connectivity index (χ3v) is 2.76. The molecule has 6 heteroatoms. The number of pyridine rings is 1. The molecule has 0 aliphatic heterocycles. The van der Waals surface area contributed by atoms with E-state index >= 15 is 0 Å². The number of carbonyl (C=O) groups is 1. The molecule has 0 fully saturated rings. The van der Waals surface area contributed by atoms with Crippen molar-refractivity contribution in [1.82, 2.24) is 4.98 Å². The molecule has 2 N–H and O–H groups in total. The van der Waals surface area contributed by atoms with Crippen LogP contribution in [0.25, 0.3) is 0 Å². The Morgan fingerprint density at radius 1 is 1.19 bits per heavy atom. The maximum Gasteiger partial charge on any atom is 0.255 e. The van der Waals surface area contributed by atoms with Crippen molar-refractivity contribution in [2.75, 3.05) is 17.2 Å². The molecular formula is C15H15F2N3O. The Kier molecular flexibility index (Phi) is 4.81. The lowest BCUT2D eigenvalue weighted by Gasteiger charge is -2.07. The maximum absolute atomic E-state index is 13.1. The van der Waals surface area contributed by atoms with Crippen LogP contribution >= 0.6 is 0 Å². The monoisotopic (exact) mass is 291 g/mol. The molecule has 2 rings (SSSR count). The van der Waals surface area contributed by atoms with Crippen LogP contribution in [0.1, 0.15) is 23.7 Å². The lowest BCUT2D eigenvalue weighted by Crippen LogP contribution is -2.12. The summed E-state index contributed by atoms with van der Waals surface area (Å²) in [6, 6.07) is 6.41. The fourth-order valence-corrected chi connectivity index (χ4v) is 1.67. The van der Waals surface area contributed by atoms with Crippen molar-refractivity contribution in [2.24, 2.45) is 0 Å². The average molecular weight is 291 g/mol. The fraction of sp³-hybridized carbons (Fsp3) is 0.200. The fourth-order valence-electron chi connectivity index (χ4n) is 1.67. The minimum atomic E-state index is -1.06. The summed E-state index contributed by atoms with van der Waals surface area (Å²) in [5, 5.41) is 5.68. The minimum Gasteiger partial charge on any atom is -0.370 e. The van der Waals surface area contributed by atoms with Crippen molar-refractivity contribution in [3.8, 4) is 0 Å². The third kappa shape index (κ3) is 3.98. The van der Waals surface area contributed by atoms with Crippen LogP contribution in [-0.4, -0.2) is 17.4 Å². The van der Waals surface area contributed by atoms with Gasteiger partial charge in [0.15, 0.2) is 11.6 Å². The highest BCUT2D eigenvalue weighted by Gasteiger charge is 2.10. The summed E-state index contributed by atoms with van der Waals surface area (Å²) in [6.45, 7) is 2.86. The van der Waals surface area contributed by atoms with Crippen molar-refractivity contribution < 1.29 is 13.6 Å². The van der Waals surface area contributed by atoms with Gasteiger partial charge < -0.3 is 10.6 Å².